The number of ether oxygens (including phenoxy) is 1. The number of pyridine rings is 1. The van der Waals surface area contributed by atoms with E-state index in [2.05, 4.69) is 18.5 Å². The molecule has 109 heavy (non-hydrogen) atoms. The van der Waals surface area contributed by atoms with Crippen LogP contribution in [0.4, 0.5) is 0 Å². The smallest absolute Gasteiger partial charge is 0.268 e. The van der Waals surface area contributed by atoms with Crippen LogP contribution in [0.2, 0.25) is 0 Å². The fourth-order valence-corrected chi connectivity index (χ4v) is 20.7. The van der Waals surface area contributed by atoms with Gasteiger partial charge in [0.1, 0.15) is 5.82 Å². The zero-order valence-electron chi connectivity index (χ0n) is 102. The molecular weight excluding hydrogens is 1540 g/mol. The number of aromatic nitrogens is 4. The minimum atomic E-state index is -6.61. The summed E-state index contributed by atoms with van der Waals surface area (Å²) in [5.74, 6) is -0.315. The Kier molecular flexibility index (Phi) is 9.60. The summed E-state index contributed by atoms with van der Waals surface area (Å²) in [5, 5.41) is -7.77. The van der Waals surface area contributed by atoms with Crippen LogP contribution in [-0.4, -0.2) is 30.3 Å². The number of fused-ring (bicyclic) bond motifs is 4. The Hall–Kier alpha value is -12.4. The molecule has 15 aromatic carbocycles. The number of nitrogens with zero attached hydrogens (tertiary/aromatic N) is 4. The van der Waals surface area contributed by atoms with Crippen molar-refractivity contribution in [1.82, 2.24) is 14.1 Å². The van der Waals surface area contributed by atoms with Crippen LogP contribution < -0.4 is 50.8 Å². The second-order valence-corrected chi connectivity index (χ2v) is 32.6. The predicted molar refractivity (Wildman–Crippen MR) is 452 cm³/mol. The number of aryl methyl sites for hydroxylation is 1. The first-order valence-corrected chi connectivity index (χ1v) is 37.4. The number of hydrogen-bond acceptors (Lipinski definition) is 2. The summed E-state index contributed by atoms with van der Waals surface area (Å²) in [6.45, 7) is 2.64. The van der Waals surface area contributed by atoms with Gasteiger partial charge >= 0.3 is 0 Å². The molecular formula is C101H76N4OPtSi2-2. The molecule has 0 fully saturated rings. The summed E-state index contributed by atoms with van der Waals surface area (Å²) in [7, 11) is -13.0. The Morgan fingerprint density at radius 3 is 1.55 bits per heavy atom. The molecule has 0 unspecified atom stereocenters. The van der Waals surface area contributed by atoms with E-state index in [1.807, 2.05) is 20.8 Å². The average molecular weight is 1660 g/mol. The Bertz CT molecular complexity index is 8640. The van der Waals surface area contributed by atoms with E-state index >= 15 is 0 Å². The normalized spacial score (nSPS) is 17.7. The topological polar surface area (TPSA) is 35.9 Å². The summed E-state index contributed by atoms with van der Waals surface area (Å²) in [5.41, 5.74) is -3.00. The van der Waals surface area contributed by atoms with Gasteiger partial charge in [-0.2, -0.15) is 18.2 Å². The van der Waals surface area contributed by atoms with Crippen LogP contribution in [0, 0.1) is 25.3 Å². The number of imidazole rings is 1. The van der Waals surface area contributed by atoms with Crippen LogP contribution >= 0.6 is 0 Å². The molecule has 8 heteroatoms. The molecule has 0 bridgehead atoms. The Balaban J connectivity index is 0.0000161. The Labute approximate surface area is 717 Å². The van der Waals surface area contributed by atoms with E-state index in [0.29, 0.717) is 27.4 Å². The zero-order chi connectivity index (χ0) is 112. The van der Waals surface area contributed by atoms with Crippen molar-refractivity contribution >= 4 is 90.5 Å². The van der Waals surface area contributed by atoms with Crippen LogP contribution in [0.5, 0.6) is 11.5 Å². The van der Waals surface area contributed by atoms with Gasteiger partial charge < -0.3 is 13.9 Å². The average Bonchev–Trinajstić information content (AvgIpc) is 0.979. The molecule has 526 valence electrons. The summed E-state index contributed by atoms with van der Waals surface area (Å²) >= 11 is 0. The maximum absolute atomic E-state index is 11.3. The van der Waals surface area contributed by atoms with Gasteiger partial charge in [0.2, 0.25) is 0 Å². The van der Waals surface area contributed by atoms with Gasteiger partial charge in [0.15, 0.2) is 16.1 Å². The van der Waals surface area contributed by atoms with Gasteiger partial charge in [-0.25, -0.2) is 4.98 Å². The maximum atomic E-state index is 11.3. The molecule has 18 rings (SSSR count). The fourth-order valence-electron chi connectivity index (χ4n) is 13.6. The SMILES string of the molecule is [2H]c1cc([2H])c([Si](c2c([2H])c([2H])c([2H])c([2H])c2[2H])(c2c([2H])c([2H])c([2H])c([2H])c2[2H])c2c([2H])c([2H])c([2H])c([2H])c2[2H])c([2H])c1-c1ccc2c(c1)n(-c1[c-]c(Oc3[c-]c4c(cc3)c3ccccc3n4-c3cc(C([2H])([2H])[2H])c(-c4c([2H])c([2H])c([2H])c([2H])c4[2H])cn3)ccc1)[c-][n+]2-c1c(-c2cccc(C(C)(C)C)c2)cccc1-c1c([2H])c([2H])c([2H])c([Si](c2c([2H])c([2H])c([2H])c([2H])c2[2H])(c2c([2H])c([2H])c([2H])c([2H])c2[2H])c2c([2H])c([2H])c([2H])c([2H])c2[2H])c1[2H].[Pt]. The van der Waals surface area contributed by atoms with Gasteiger partial charge in [-0.3, -0.25) is 4.57 Å². The van der Waals surface area contributed by atoms with Gasteiger partial charge in [-0.1, -0.05) is 359 Å². The van der Waals surface area contributed by atoms with Crippen molar-refractivity contribution in [3.05, 3.63) is 417 Å². The van der Waals surface area contributed by atoms with Crippen LogP contribution in [0.25, 0.3) is 94.5 Å². The second kappa shape index (κ2) is 29.4. The molecule has 0 aliphatic rings. The molecule has 0 radical (unpaired) electrons. The van der Waals surface area contributed by atoms with Crippen LogP contribution in [0.15, 0.2) is 387 Å². The Morgan fingerprint density at radius 2 is 0.945 bits per heavy atom. The van der Waals surface area contributed by atoms with Crippen molar-refractivity contribution in [3.63, 3.8) is 0 Å². The monoisotopic (exact) mass is 1660 g/mol. The van der Waals surface area contributed by atoms with Gasteiger partial charge in [-0.05, 0) is 133 Å². The quantitative estimate of drug-likeness (QED) is 0.0394. The molecule has 0 spiro atoms. The molecule has 0 amide bonds. The van der Waals surface area contributed by atoms with Crippen LogP contribution in [-0.2, 0) is 26.5 Å². The van der Waals surface area contributed by atoms with Crippen molar-refractivity contribution in [2.45, 2.75) is 33.0 Å². The minimum Gasteiger partial charge on any atom is -0.510 e. The van der Waals surface area contributed by atoms with Gasteiger partial charge in [-0.15, -0.1) is 29.7 Å². The van der Waals surface area contributed by atoms with Gasteiger partial charge in [0.05, 0.1) is 74.3 Å². The van der Waals surface area contributed by atoms with E-state index in [9.17, 15) is 42.5 Å². The van der Waals surface area contributed by atoms with Crippen molar-refractivity contribution in [2.24, 2.45) is 0 Å². The molecule has 3 aromatic heterocycles. The number of hydrogen-bond donors (Lipinski definition) is 0. The van der Waals surface area contributed by atoms with E-state index in [4.69, 9.17) is 28.9 Å². The third kappa shape index (κ3) is 12.6. The van der Waals surface area contributed by atoms with Crippen molar-refractivity contribution in [2.75, 3.05) is 0 Å². The molecule has 0 saturated carbocycles. The third-order valence-electron chi connectivity index (χ3n) is 18.5. The second-order valence-electron chi connectivity index (χ2n) is 25.6. The molecule has 3 heterocycles. The first-order valence-electron chi connectivity index (χ1n) is 55.9. The van der Waals surface area contributed by atoms with E-state index in [1.165, 1.54) is 69.8 Å². The summed E-state index contributed by atoms with van der Waals surface area (Å²) in [4.78, 5) is 4.70. The van der Waals surface area contributed by atoms with E-state index < -0.39 is 346 Å². The minimum absolute atomic E-state index is 0. The van der Waals surface area contributed by atoms with Crippen molar-refractivity contribution in [3.8, 4) is 73.2 Å². The summed E-state index contributed by atoms with van der Waals surface area (Å²) < 4.78 is 439. The fraction of sp³-hybridized carbons (Fsp3) is 0.0495. The molecule has 5 nitrogen and oxygen atoms in total. The van der Waals surface area contributed by atoms with E-state index in [1.54, 1.807) is 65.2 Å². The molecule has 0 N–H and O–H groups in total. The van der Waals surface area contributed by atoms with Gasteiger partial charge in [0, 0.05) is 54.0 Å². The molecule has 18 aromatic rings. The zero-order valence-corrected chi connectivity index (χ0v) is 61.5. The predicted octanol–water partition coefficient (Wildman–Crippen LogP) is 18.6. The standard InChI is InChI=1S/C101H76N4OSi2.Pt/c1-72-63-99(102-70-94(72)73-33-12-5-13-34-73)105-95-58-27-26-55-92(95)93-61-60-81(69-97(93)105)106-80-40-31-39-79(68-80)103-71-104(96-62-59-75(67-98(96)103)74-35-29-53-88(65-74)107(82-41-14-6-15-42-82,83-43-16-7-17-44-83)84-45-18-8-19-46-84)100-90(76-36-28-38-78(64-76)101(2,3)4)56-32-57-91(100)77-37-30-54-89(66-77)108(85-47-20-9-21-48-85,86-49-22-10-23-50-86)87-51-24-11-25-52-87;/h5-67,70H,1-4H3;/q-2;/i1D3,5D,6D,7D,8D,9D,10D,11D,12D,13D,14D,15D,16D,17D,18D,19D,20D,21D,22D,23D,24D,25D,30D,33D,34D,35D,37D,41D,42D,43D,44D,45D,46D,47D,48D,49D,50D,51D,52D,53D,54D,65D,66D;. The van der Waals surface area contributed by atoms with E-state index in [-0.39, 0.29) is 88.6 Å². The summed E-state index contributed by atoms with van der Waals surface area (Å²) in [6, 6.07) is -9.65. The summed E-state index contributed by atoms with van der Waals surface area (Å²) in [6.07, 6.45) is 4.48. The van der Waals surface area contributed by atoms with Crippen molar-refractivity contribution < 1.29 is 92.1 Å². The van der Waals surface area contributed by atoms with Crippen molar-refractivity contribution in [1.29, 1.82) is 0 Å². The first kappa shape index (κ1) is 35.6. The number of benzene rings is 15. The first-order chi connectivity index (χ1) is 71.7. The van der Waals surface area contributed by atoms with E-state index in [0.717, 1.165) is 12.3 Å². The van der Waals surface area contributed by atoms with Gasteiger partial charge in [0.25, 0.3) is 6.33 Å². The maximum Gasteiger partial charge on any atom is 0.268 e. The number of para-hydroxylation sites is 2. The number of rotatable bonds is 17. The van der Waals surface area contributed by atoms with Crippen LogP contribution in [0.3, 0.4) is 0 Å². The molecule has 0 aliphatic carbocycles. The molecule has 0 aliphatic heterocycles. The largest absolute Gasteiger partial charge is 0.510 e. The molecule has 0 saturated heterocycles. The third-order valence-corrected chi connectivity index (χ3v) is 26.5. The molecule has 0 atom stereocenters. The van der Waals surface area contributed by atoms with Crippen LogP contribution in [0.1, 0.15) is 93.6 Å². The Morgan fingerprint density at radius 1 is 0.413 bits per heavy atom.